The van der Waals surface area contributed by atoms with Crippen molar-refractivity contribution in [1.29, 1.82) is 0 Å². The summed E-state index contributed by atoms with van der Waals surface area (Å²) in [5, 5.41) is 0. The highest BCUT2D eigenvalue weighted by molar-refractivity contribution is 14.1. The van der Waals surface area contributed by atoms with Crippen LogP contribution < -0.4 is 0 Å². The first-order valence-electron chi connectivity index (χ1n) is 4.35. The van der Waals surface area contributed by atoms with Gasteiger partial charge in [0.15, 0.2) is 0 Å². The Morgan fingerprint density at radius 2 is 1.26 bits per heavy atom. The molecular weight excluding hydrogens is 414 g/mol. The van der Waals surface area contributed by atoms with Crippen molar-refractivity contribution in [3.05, 3.63) is 0 Å². The van der Waals surface area contributed by atoms with Gasteiger partial charge in [0.2, 0.25) is 0 Å². The molecule has 0 spiro atoms. The summed E-state index contributed by atoms with van der Waals surface area (Å²) in [6, 6.07) is 0. The van der Waals surface area contributed by atoms with Crippen molar-refractivity contribution in [2.45, 2.75) is 41.0 Å². The van der Waals surface area contributed by atoms with Crippen LogP contribution in [0.4, 0.5) is 39.5 Å². The number of ether oxygens (including phenoxy) is 2. The average Bonchev–Trinajstić information content (AvgIpc) is 2.34. The van der Waals surface area contributed by atoms with Gasteiger partial charge in [-0.25, -0.2) is 4.39 Å². The van der Waals surface area contributed by atoms with Gasteiger partial charge < -0.3 is 0 Å². The van der Waals surface area contributed by atoms with Gasteiger partial charge in [-0.05, 0) is 6.92 Å². The van der Waals surface area contributed by atoms with Gasteiger partial charge in [-0.2, -0.15) is 35.1 Å². The lowest BCUT2D eigenvalue weighted by molar-refractivity contribution is -0.463. The van der Waals surface area contributed by atoms with E-state index in [1.54, 1.807) is 0 Å². The standard InChI is InChI=1S/C7H4F9IO2/c1-2(17)3(8)7(15,16)19-4(18-3,5(9,10)11)6(12,13)14/h2H,1H3. The monoisotopic (exact) mass is 418 g/mol. The highest BCUT2D eigenvalue weighted by Crippen LogP contribution is 2.60. The van der Waals surface area contributed by atoms with Crippen molar-refractivity contribution in [1.82, 2.24) is 0 Å². The van der Waals surface area contributed by atoms with Gasteiger partial charge >= 0.3 is 30.1 Å². The molecule has 1 aliphatic rings. The maximum absolute atomic E-state index is 13.7. The molecule has 0 bridgehead atoms. The van der Waals surface area contributed by atoms with Crippen LogP contribution in [0.15, 0.2) is 0 Å². The van der Waals surface area contributed by atoms with Crippen molar-refractivity contribution in [2.24, 2.45) is 0 Å². The molecule has 2 nitrogen and oxygen atoms in total. The molecule has 0 aromatic carbocycles. The quantitative estimate of drug-likeness (QED) is 0.365. The number of alkyl halides is 10. The van der Waals surface area contributed by atoms with Crippen LogP contribution in [-0.4, -0.2) is 34.0 Å². The molecule has 1 fully saturated rings. The molecule has 2 unspecified atom stereocenters. The van der Waals surface area contributed by atoms with Crippen molar-refractivity contribution in [3.8, 4) is 0 Å². The van der Waals surface area contributed by atoms with E-state index in [1.807, 2.05) is 0 Å². The molecule has 114 valence electrons. The molecule has 0 amide bonds. The van der Waals surface area contributed by atoms with Crippen LogP contribution in [0.5, 0.6) is 0 Å². The second-order valence-corrected chi connectivity index (χ2v) is 5.46. The van der Waals surface area contributed by atoms with Crippen molar-refractivity contribution in [3.63, 3.8) is 0 Å². The second-order valence-electron chi connectivity index (χ2n) is 3.59. The van der Waals surface area contributed by atoms with Gasteiger partial charge in [-0.1, -0.05) is 22.6 Å². The van der Waals surface area contributed by atoms with Gasteiger partial charge in [0.25, 0.3) is 0 Å². The first-order valence-corrected chi connectivity index (χ1v) is 5.60. The maximum Gasteiger partial charge on any atom is 0.453 e. The van der Waals surface area contributed by atoms with E-state index in [2.05, 4.69) is 9.47 Å². The van der Waals surface area contributed by atoms with E-state index in [0.717, 1.165) is 22.6 Å². The Bertz CT molecular complexity index is 349. The molecule has 0 aromatic rings. The summed E-state index contributed by atoms with van der Waals surface area (Å²) in [7, 11) is 0. The molecule has 12 heteroatoms. The molecule has 1 rings (SSSR count). The van der Waals surface area contributed by atoms with E-state index < -0.39 is 34.0 Å². The molecule has 19 heavy (non-hydrogen) atoms. The second kappa shape index (κ2) is 4.26. The zero-order chi connectivity index (χ0) is 15.5. The largest absolute Gasteiger partial charge is 0.453 e. The zero-order valence-corrected chi connectivity index (χ0v) is 10.8. The van der Waals surface area contributed by atoms with Gasteiger partial charge in [-0.15, -0.1) is 0 Å². The topological polar surface area (TPSA) is 18.5 Å². The van der Waals surface area contributed by atoms with Gasteiger partial charge in [0.05, 0.1) is 3.92 Å². The van der Waals surface area contributed by atoms with E-state index in [0.29, 0.717) is 6.92 Å². The van der Waals surface area contributed by atoms with Crippen molar-refractivity contribution >= 4 is 22.6 Å². The fourth-order valence-corrected chi connectivity index (χ4v) is 1.73. The third-order valence-electron chi connectivity index (χ3n) is 2.22. The first kappa shape index (κ1) is 17.1. The van der Waals surface area contributed by atoms with Gasteiger partial charge in [-0.3, -0.25) is 9.47 Å². The van der Waals surface area contributed by atoms with Crippen LogP contribution in [0, 0.1) is 0 Å². The average molecular weight is 418 g/mol. The minimum absolute atomic E-state index is 0.612. The molecule has 1 heterocycles. The highest BCUT2D eigenvalue weighted by atomic mass is 127. The van der Waals surface area contributed by atoms with Crippen LogP contribution in [0.2, 0.25) is 0 Å². The molecule has 0 N–H and O–H groups in total. The van der Waals surface area contributed by atoms with Crippen LogP contribution >= 0.6 is 22.6 Å². The van der Waals surface area contributed by atoms with Crippen LogP contribution in [0.3, 0.4) is 0 Å². The summed E-state index contributed by atoms with van der Waals surface area (Å²) in [5.41, 5.74) is 0. The smallest absolute Gasteiger partial charge is 0.290 e. The molecule has 0 aliphatic carbocycles. The first-order chi connectivity index (χ1) is 8.11. The lowest BCUT2D eigenvalue weighted by atomic mass is 10.2. The van der Waals surface area contributed by atoms with E-state index in [-0.39, 0.29) is 0 Å². The molecule has 1 aliphatic heterocycles. The Morgan fingerprint density at radius 3 is 1.42 bits per heavy atom. The number of hydrogen-bond donors (Lipinski definition) is 0. The predicted octanol–water partition coefficient (Wildman–Crippen LogP) is 3.94. The fourth-order valence-electron chi connectivity index (χ4n) is 1.24. The van der Waals surface area contributed by atoms with E-state index >= 15 is 0 Å². The Hall–Kier alpha value is 0.0200. The Balaban J connectivity index is 3.43. The number of rotatable bonds is 1. The summed E-state index contributed by atoms with van der Waals surface area (Å²) in [6.45, 7) is 0.612. The third kappa shape index (κ3) is 2.28. The number of hydrogen-bond acceptors (Lipinski definition) is 2. The Labute approximate surface area is 113 Å². The van der Waals surface area contributed by atoms with Gasteiger partial charge in [0, 0.05) is 0 Å². The molecule has 2 atom stereocenters. The van der Waals surface area contributed by atoms with E-state index in [1.165, 1.54) is 0 Å². The zero-order valence-electron chi connectivity index (χ0n) is 8.67. The summed E-state index contributed by atoms with van der Waals surface area (Å²) < 4.78 is 118. The molecular formula is C7H4F9IO2. The van der Waals surface area contributed by atoms with Crippen molar-refractivity contribution < 1.29 is 49.0 Å². The SMILES string of the molecule is CC(I)C1(F)OC(C(F)(F)F)(C(F)(F)F)OC1(F)F. The molecule has 0 aromatic heterocycles. The summed E-state index contributed by atoms with van der Waals surface area (Å²) in [6.07, 6.45) is -18.3. The normalized spacial score (nSPS) is 32.4. The molecule has 1 saturated heterocycles. The van der Waals surface area contributed by atoms with Crippen LogP contribution in [0.25, 0.3) is 0 Å². The van der Waals surface area contributed by atoms with Crippen molar-refractivity contribution in [2.75, 3.05) is 0 Å². The lowest BCUT2D eigenvalue weighted by Gasteiger charge is -2.31. The Morgan fingerprint density at radius 1 is 0.895 bits per heavy atom. The highest BCUT2D eigenvalue weighted by Gasteiger charge is 2.88. The summed E-state index contributed by atoms with van der Waals surface area (Å²) in [5.74, 6) is -10.3. The summed E-state index contributed by atoms with van der Waals surface area (Å²) in [4.78, 5) is 0. The minimum atomic E-state index is -6.44. The Kier molecular flexibility index (Phi) is 3.82. The minimum Gasteiger partial charge on any atom is -0.290 e. The fraction of sp³-hybridized carbons (Fsp3) is 1.00. The molecule has 0 radical (unpaired) electrons. The summed E-state index contributed by atoms with van der Waals surface area (Å²) >= 11 is 0.865. The molecule has 0 saturated carbocycles. The van der Waals surface area contributed by atoms with Crippen LogP contribution in [-0.2, 0) is 9.47 Å². The van der Waals surface area contributed by atoms with E-state index in [9.17, 15) is 39.5 Å². The lowest BCUT2D eigenvalue weighted by Crippen LogP contribution is -2.59. The number of halogens is 10. The predicted molar refractivity (Wildman–Crippen MR) is 49.3 cm³/mol. The van der Waals surface area contributed by atoms with Crippen LogP contribution in [0.1, 0.15) is 6.92 Å². The van der Waals surface area contributed by atoms with Gasteiger partial charge in [0.1, 0.15) is 0 Å². The third-order valence-corrected chi connectivity index (χ3v) is 3.02. The maximum atomic E-state index is 13.7. The van der Waals surface area contributed by atoms with E-state index in [4.69, 9.17) is 0 Å².